The van der Waals surface area contributed by atoms with Gasteiger partial charge in [-0.15, -0.1) is 0 Å². The predicted molar refractivity (Wildman–Crippen MR) is 117 cm³/mol. The number of para-hydroxylation sites is 2. The number of benzene rings is 2. The fraction of sp³-hybridized carbons (Fsp3) is 0.500. The van der Waals surface area contributed by atoms with E-state index < -0.39 is 6.10 Å². The van der Waals surface area contributed by atoms with Crippen molar-refractivity contribution in [1.29, 1.82) is 0 Å². The Kier molecular flexibility index (Phi) is 4.66. The number of hydrogen-bond acceptors (Lipinski definition) is 3. The number of ether oxygens (including phenoxy) is 1. The van der Waals surface area contributed by atoms with Crippen LogP contribution in [0.5, 0.6) is 5.75 Å². The normalized spacial score (nSPS) is 33.0. The Hall–Kier alpha value is -2.56. The van der Waals surface area contributed by atoms with Gasteiger partial charge in [-0.25, -0.2) is 4.39 Å². The summed E-state index contributed by atoms with van der Waals surface area (Å²) < 4.78 is 19.5. The molecule has 31 heavy (non-hydrogen) atoms. The molecule has 1 N–H and O–H groups in total. The van der Waals surface area contributed by atoms with Crippen molar-refractivity contribution in [3.63, 3.8) is 0 Å². The van der Waals surface area contributed by atoms with Crippen molar-refractivity contribution in [2.75, 3.05) is 11.4 Å². The van der Waals surface area contributed by atoms with Crippen LogP contribution in [0.25, 0.3) is 0 Å². The Morgan fingerprint density at radius 3 is 2.35 bits per heavy atom. The molecule has 0 spiro atoms. The van der Waals surface area contributed by atoms with Crippen LogP contribution in [-0.2, 0) is 11.3 Å². The summed E-state index contributed by atoms with van der Waals surface area (Å²) in [5, 5.41) is 3.41. The van der Waals surface area contributed by atoms with Gasteiger partial charge in [0.2, 0.25) is 0 Å². The molecule has 2 aromatic carbocycles. The van der Waals surface area contributed by atoms with Gasteiger partial charge in [0.05, 0.1) is 12.2 Å². The Morgan fingerprint density at radius 1 is 0.968 bits per heavy atom. The second-order valence-electron chi connectivity index (χ2n) is 10.0. The summed E-state index contributed by atoms with van der Waals surface area (Å²) in [6, 6.07) is 14.7. The fourth-order valence-electron chi connectivity index (χ4n) is 6.82. The van der Waals surface area contributed by atoms with Crippen molar-refractivity contribution in [3.05, 3.63) is 59.9 Å². The number of carbonyl (C=O) groups excluding carboxylic acids is 1. The second-order valence-corrected chi connectivity index (χ2v) is 10.0. The first-order valence-electron chi connectivity index (χ1n) is 11.7. The highest BCUT2D eigenvalue weighted by atomic mass is 19.1. The lowest BCUT2D eigenvalue weighted by Gasteiger charge is -2.54. The highest BCUT2D eigenvalue weighted by molar-refractivity contribution is 5.83. The van der Waals surface area contributed by atoms with Gasteiger partial charge in [-0.3, -0.25) is 4.79 Å². The first-order valence-corrected chi connectivity index (χ1v) is 11.7. The number of nitrogens with one attached hydrogen (secondary N) is 1. The molecule has 2 aromatic rings. The SMILES string of the molecule is O=C(NC1C2CC3CC(C2)CC1C3)C1CN(Cc2ccc(F)cc2)c2ccccc2O1. The van der Waals surface area contributed by atoms with Crippen LogP contribution < -0.4 is 15.0 Å². The lowest BCUT2D eigenvalue weighted by molar-refractivity contribution is -0.131. The van der Waals surface area contributed by atoms with Gasteiger partial charge in [0, 0.05) is 12.6 Å². The van der Waals surface area contributed by atoms with E-state index in [1.54, 1.807) is 12.1 Å². The van der Waals surface area contributed by atoms with Crippen LogP contribution in [0, 0.1) is 29.5 Å². The molecule has 1 aliphatic heterocycles. The van der Waals surface area contributed by atoms with Crippen LogP contribution in [0.1, 0.15) is 37.7 Å². The van der Waals surface area contributed by atoms with E-state index in [1.807, 2.05) is 24.3 Å². The summed E-state index contributed by atoms with van der Waals surface area (Å²) in [5.41, 5.74) is 1.99. The summed E-state index contributed by atoms with van der Waals surface area (Å²) in [6.45, 7) is 1.11. The topological polar surface area (TPSA) is 41.6 Å². The molecule has 1 unspecified atom stereocenters. The monoisotopic (exact) mass is 420 g/mol. The lowest BCUT2D eigenvalue weighted by atomic mass is 9.54. The number of carbonyl (C=O) groups is 1. The van der Waals surface area contributed by atoms with Gasteiger partial charge in [0.1, 0.15) is 11.6 Å². The van der Waals surface area contributed by atoms with E-state index in [9.17, 15) is 9.18 Å². The standard InChI is InChI=1S/C26H29FN2O2/c27-21-7-5-16(6-8-21)14-29-15-24(31-23-4-2-1-3-22(23)29)26(30)28-25-19-10-17-9-18(12-19)13-20(25)11-17/h1-8,17-20,24-25H,9-15H2,(H,28,30). The van der Waals surface area contributed by atoms with Crippen LogP contribution >= 0.6 is 0 Å². The minimum Gasteiger partial charge on any atom is -0.477 e. The third kappa shape index (κ3) is 3.58. The number of rotatable bonds is 4. The summed E-state index contributed by atoms with van der Waals surface area (Å²) in [7, 11) is 0. The molecule has 5 heteroatoms. The second kappa shape index (κ2) is 7.54. The number of nitrogens with zero attached hydrogens (tertiary/aromatic N) is 1. The smallest absolute Gasteiger partial charge is 0.263 e. The van der Waals surface area contributed by atoms with Gasteiger partial charge in [-0.2, -0.15) is 0 Å². The molecular formula is C26H29FN2O2. The highest BCUT2D eigenvalue weighted by Crippen LogP contribution is 2.53. The summed E-state index contributed by atoms with van der Waals surface area (Å²) in [6.07, 6.45) is 6.00. The molecule has 4 nitrogen and oxygen atoms in total. The van der Waals surface area contributed by atoms with Crippen LogP contribution in [0.2, 0.25) is 0 Å². The Labute approximate surface area is 182 Å². The average Bonchev–Trinajstić information content (AvgIpc) is 2.77. The zero-order valence-corrected chi connectivity index (χ0v) is 17.7. The van der Waals surface area contributed by atoms with Crippen molar-refractivity contribution in [2.45, 2.75) is 50.8 Å². The van der Waals surface area contributed by atoms with Crippen molar-refractivity contribution in [1.82, 2.24) is 5.32 Å². The number of fused-ring (bicyclic) bond motifs is 1. The lowest BCUT2D eigenvalue weighted by Crippen LogP contribution is -2.59. The van der Waals surface area contributed by atoms with E-state index in [1.165, 1.54) is 44.2 Å². The van der Waals surface area contributed by atoms with E-state index in [4.69, 9.17) is 4.74 Å². The molecule has 4 aliphatic carbocycles. The molecule has 0 radical (unpaired) electrons. The van der Waals surface area contributed by atoms with E-state index in [-0.39, 0.29) is 11.7 Å². The molecule has 5 aliphatic rings. The molecule has 1 atom stereocenters. The maximum absolute atomic E-state index is 13.3. The Morgan fingerprint density at radius 2 is 1.65 bits per heavy atom. The van der Waals surface area contributed by atoms with E-state index in [0.29, 0.717) is 31.0 Å². The summed E-state index contributed by atoms with van der Waals surface area (Å²) in [4.78, 5) is 15.5. The average molecular weight is 421 g/mol. The third-order valence-electron chi connectivity index (χ3n) is 7.98. The van der Waals surface area contributed by atoms with Crippen molar-refractivity contribution in [3.8, 4) is 5.75 Å². The molecule has 4 saturated carbocycles. The first-order chi connectivity index (χ1) is 15.1. The molecule has 7 rings (SSSR count). The van der Waals surface area contributed by atoms with Gasteiger partial charge in [0.25, 0.3) is 5.91 Å². The van der Waals surface area contributed by atoms with Crippen LogP contribution in [-0.4, -0.2) is 24.6 Å². The minimum atomic E-state index is -0.535. The zero-order valence-electron chi connectivity index (χ0n) is 17.7. The van der Waals surface area contributed by atoms with Crippen molar-refractivity contribution >= 4 is 11.6 Å². The van der Waals surface area contributed by atoms with Gasteiger partial charge < -0.3 is 15.0 Å². The van der Waals surface area contributed by atoms with E-state index >= 15 is 0 Å². The van der Waals surface area contributed by atoms with E-state index in [0.717, 1.165) is 28.8 Å². The quantitative estimate of drug-likeness (QED) is 0.790. The molecule has 4 bridgehead atoms. The molecule has 1 amide bonds. The third-order valence-corrected chi connectivity index (χ3v) is 7.98. The molecule has 1 heterocycles. The Balaban J connectivity index is 1.19. The molecule has 0 aromatic heterocycles. The number of anilines is 1. The van der Waals surface area contributed by atoms with Crippen molar-refractivity contribution < 1.29 is 13.9 Å². The number of amides is 1. The maximum atomic E-state index is 13.3. The molecular weight excluding hydrogens is 391 g/mol. The maximum Gasteiger partial charge on any atom is 0.263 e. The number of hydrogen-bond donors (Lipinski definition) is 1. The highest BCUT2D eigenvalue weighted by Gasteiger charge is 2.49. The fourth-order valence-corrected chi connectivity index (χ4v) is 6.82. The number of halogens is 1. The van der Waals surface area contributed by atoms with Crippen molar-refractivity contribution in [2.24, 2.45) is 23.7 Å². The van der Waals surface area contributed by atoms with Crippen LogP contribution in [0.3, 0.4) is 0 Å². The largest absolute Gasteiger partial charge is 0.477 e. The predicted octanol–water partition coefficient (Wildman–Crippen LogP) is 4.53. The summed E-state index contributed by atoms with van der Waals surface area (Å²) >= 11 is 0. The zero-order chi connectivity index (χ0) is 20.9. The van der Waals surface area contributed by atoms with Gasteiger partial charge in [-0.05, 0) is 85.6 Å². The minimum absolute atomic E-state index is 0.0103. The van der Waals surface area contributed by atoms with Gasteiger partial charge in [-0.1, -0.05) is 24.3 Å². The molecule has 162 valence electrons. The van der Waals surface area contributed by atoms with Crippen LogP contribution in [0.15, 0.2) is 48.5 Å². The molecule has 0 saturated heterocycles. The van der Waals surface area contributed by atoms with Gasteiger partial charge in [0.15, 0.2) is 6.10 Å². The first kappa shape index (κ1) is 19.1. The Bertz CT molecular complexity index is 948. The van der Waals surface area contributed by atoms with Crippen LogP contribution in [0.4, 0.5) is 10.1 Å². The summed E-state index contributed by atoms with van der Waals surface area (Å²) in [5.74, 6) is 3.58. The van der Waals surface area contributed by atoms with Gasteiger partial charge >= 0.3 is 0 Å². The van der Waals surface area contributed by atoms with E-state index in [2.05, 4.69) is 10.2 Å². The molecule has 4 fully saturated rings.